The number of quaternary nitrogens is 1. The number of nitrogens with zero attached hydrogens (tertiary/aromatic N) is 1. The first-order valence-electron chi connectivity index (χ1n) is 9.21. The monoisotopic (exact) mass is 366 g/mol. The molecule has 0 radical (unpaired) electrons. The number of piperidine rings is 1. The van der Waals surface area contributed by atoms with Crippen molar-refractivity contribution in [3.8, 4) is 0 Å². The Morgan fingerprint density at radius 3 is 2.72 bits per heavy atom. The Hall–Kier alpha value is -1.44. The van der Waals surface area contributed by atoms with Crippen molar-refractivity contribution in [2.45, 2.75) is 50.0 Å². The summed E-state index contributed by atoms with van der Waals surface area (Å²) in [5.41, 5.74) is 0.550. The lowest BCUT2D eigenvalue weighted by Crippen LogP contribution is -3.17. The molecule has 1 unspecified atom stereocenters. The van der Waals surface area contributed by atoms with E-state index in [0.29, 0.717) is 31.4 Å². The second-order valence-electron chi connectivity index (χ2n) is 7.17. The fraction of sp³-hybridized carbons (Fsp3) is 0.611. The smallest absolute Gasteiger partial charge is 0.279 e. The fourth-order valence-corrected chi connectivity index (χ4v) is 5.30. The van der Waals surface area contributed by atoms with E-state index >= 15 is 0 Å². The Morgan fingerprint density at radius 1 is 1.24 bits per heavy atom. The highest BCUT2D eigenvalue weighted by Crippen LogP contribution is 2.23. The molecule has 2 N–H and O–H groups in total. The predicted molar refractivity (Wildman–Crippen MR) is 97.1 cm³/mol. The van der Waals surface area contributed by atoms with Crippen molar-refractivity contribution in [3.63, 3.8) is 0 Å². The lowest BCUT2D eigenvalue weighted by molar-refractivity contribution is -0.920. The minimum Gasteiger partial charge on any atom is -0.325 e. The molecule has 2 aliphatic heterocycles. The normalized spacial score (nSPS) is 25.0. The van der Waals surface area contributed by atoms with Gasteiger partial charge in [-0.2, -0.15) is 4.31 Å². The number of carbonyl (C=O) groups is 1. The molecule has 0 aromatic heterocycles. The van der Waals surface area contributed by atoms with E-state index in [9.17, 15) is 13.2 Å². The van der Waals surface area contributed by atoms with Crippen LogP contribution in [0.3, 0.4) is 0 Å². The van der Waals surface area contributed by atoms with Crippen LogP contribution in [0, 0.1) is 0 Å². The van der Waals surface area contributed by atoms with Gasteiger partial charge in [-0.1, -0.05) is 6.07 Å². The number of nitrogens with one attached hydrogen (secondary N) is 2. The quantitative estimate of drug-likeness (QED) is 0.812. The molecule has 0 spiro atoms. The third-order valence-electron chi connectivity index (χ3n) is 5.29. The molecule has 2 aliphatic rings. The van der Waals surface area contributed by atoms with Crippen molar-refractivity contribution in [2.75, 3.05) is 31.5 Å². The van der Waals surface area contributed by atoms with Crippen LogP contribution < -0.4 is 10.2 Å². The number of carbonyl (C=O) groups excluding carboxylic acids is 1. The largest absolute Gasteiger partial charge is 0.325 e. The van der Waals surface area contributed by atoms with E-state index in [1.807, 2.05) is 0 Å². The molecular formula is C18H28N3O3S+. The SMILES string of the molecule is C[C@@H]1CCCC[NH+]1CC(=O)Nc1cccc(S(=O)(=O)N2CCCC2)c1. The van der Waals surface area contributed by atoms with Crippen LogP contribution in [-0.2, 0) is 14.8 Å². The summed E-state index contributed by atoms with van der Waals surface area (Å²) in [4.78, 5) is 13.9. The maximum Gasteiger partial charge on any atom is 0.279 e. The third kappa shape index (κ3) is 4.40. The summed E-state index contributed by atoms with van der Waals surface area (Å²) < 4.78 is 26.8. The summed E-state index contributed by atoms with van der Waals surface area (Å²) in [6, 6.07) is 7.11. The van der Waals surface area contributed by atoms with E-state index in [-0.39, 0.29) is 10.8 Å². The van der Waals surface area contributed by atoms with Crippen LogP contribution in [0.25, 0.3) is 0 Å². The van der Waals surface area contributed by atoms with Crippen molar-refractivity contribution in [1.29, 1.82) is 0 Å². The van der Waals surface area contributed by atoms with Gasteiger partial charge in [0.05, 0.1) is 17.5 Å². The van der Waals surface area contributed by atoms with Crippen molar-refractivity contribution in [2.24, 2.45) is 0 Å². The molecule has 2 fully saturated rings. The lowest BCUT2D eigenvalue weighted by atomic mass is 10.0. The first kappa shape index (κ1) is 18.4. The third-order valence-corrected chi connectivity index (χ3v) is 7.18. The van der Waals surface area contributed by atoms with E-state index in [1.54, 1.807) is 24.3 Å². The van der Waals surface area contributed by atoms with Gasteiger partial charge in [-0.25, -0.2) is 8.42 Å². The molecule has 1 amide bonds. The Morgan fingerprint density at radius 2 is 2.00 bits per heavy atom. The molecule has 2 saturated heterocycles. The van der Waals surface area contributed by atoms with Crippen molar-refractivity contribution in [1.82, 2.24) is 4.31 Å². The van der Waals surface area contributed by atoms with Crippen molar-refractivity contribution >= 4 is 21.6 Å². The summed E-state index contributed by atoms with van der Waals surface area (Å²) in [5, 5.41) is 2.87. The topological polar surface area (TPSA) is 70.9 Å². The van der Waals surface area contributed by atoms with Crippen LogP contribution in [0.15, 0.2) is 29.2 Å². The van der Waals surface area contributed by atoms with Gasteiger partial charge in [0.25, 0.3) is 5.91 Å². The zero-order valence-electron chi connectivity index (χ0n) is 14.8. The summed E-state index contributed by atoms with van der Waals surface area (Å²) in [6.07, 6.45) is 5.38. The summed E-state index contributed by atoms with van der Waals surface area (Å²) in [5.74, 6) is -0.0560. The van der Waals surface area contributed by atoms with E-state index in [0.717, 1.165) is 32.2 Å². The zero-order chi connectivity index (χ0) is 17.9. The van der Waals surface area contributed by atoms with Gasteiger partial charge in [-0.05, 0) is 57.2 Å². The maximum atomic E-state index is 12.6. The van der Waals surface area contributed by atoms with Crippen LogP contribution in [0.1, 0.15) is 39.0 Å². The van der Waals surface area contributed by atoms with Gasteiger partial charge in [0.2, 0.25) is 10.0 Å². The molecule has 0 bridgehead atoms. The number of hydrogen-bond acceptors (Lipinski definition) is 3. The zero-order valence-corrected chi connectivity index (χ0v) is 15.6. The maximum absolute atomic E-state index is 12.6. The minimum absolute atomic E-state index is 0.0560. The van der Waals surface area contributed by atoms with Crippen LogP contribution in [-0.4, -0.2) is 50.9 Å². The van der Waals surface area contributed by atoms with Gasteiger partial charge in [-0.3, -0.25) is 4.79 Å². The highest BCUT2D eigenvalue weighted by Gasteiger charge is 2.28. The lowest BCUT2D eigenvalue weighted by Gasteiger charge is -2.29. The number of hydrogen-bond donors (Lipinski definition) is 2. The average Bonchev–Trinajstić information content (AvgIpc) is 3.12. The van der Waals surface area contributed by atoms with Gasteiger partial charge in [-0.15, -0.1) is 0 Å². The Kier molecular flexibility index (Phi) is 5.76. The van der Waals surface area contributed by atoms with Crippen LogP contribution in [0.5, 0.6) is 0 Å². The van der Waals surface area contributed by atoms with E-state index in [1.165, 1.54) is 15.6 Å². The van der Waals surface area contributed by atoms with E-state index in [2.05, 4.69) is 12.2 Å². The Labute approximate surface area is 150 Å². The second-order valence-corrected chi connectivity index (χ2v) is 9.11. The van der Waals surface area contributed by atoms with Gasteiger partial charge >= 0.3 is 0 Å². The first-order chi connectivity index (χ1) is 12.0. The molecule has 1 aromatic carbocycles. The summed E-state index contributed by atoms with van der Waals surface area (Å²) in [6.45, 7) is 4.80. The Bertz CT molecular complexity index is 714. The summed E-state index contributed by atoms with van der Waals surface area (Å²) >= 11 is 0. The van der Waals surface area contributed by atoms with Crippen molar-refractivity contribution in [3.05, 3.63) is 24.3 Å². The highest BCUT2D eigenvalue weighted by atomic mass is 32.2. The standard InChI is InChI=1S/C18H27N3O3S/c1-15-7-2-3-10-20(15)14-18(22)19-16-8-6-9-17(13-16)25(23,24)21-11-4-5-12-21/h6,8-9,13,15H,2-5,7,10-12,14H2,1H3,(H,19,22)/p+1/t15-/m1/s1. The molecule has 25 heavy (non-hydrogen) atoms. The molecule has 7 heteroatoms. The summed E-state index contributed by atoms with van der Waals surface area (Å²) in [7, 11) is -3.46. The van der Waals surface area contributed by atoms with Gasteiger partial charge in [0.15, 0.2) is 6.54 Å². The number of likely N-dealkylation sites (tertiary alicyclic amines) is 1. The number of sulfonamides is 1. The van der Waals surface area contributed by atoms with Crippen LogP contribution >= 0.6 is 0 Å². The Balaban J connectivity index is 1.66. The minimum atomic E-state index is -3.46. The fourth-order valence-electron chi connectivity index (χ4n) is 3.74. The molecule has 0 aliphatic carbocycles. The van der Waals surface area contributed by atoms with E-state index in [4.69, 9.17) is 0 Å². The van der Waals surface area contributed by atoms with Crippen molar-refractivity contribution < 1.29 is 18.1 Å². The van der Waals surface area contributed by atoms with E-state index < -0.39 is 10.0 Å². The van der Waals surface area contributed by atoms with Gasteiger partial charge in [0, 0.05) is 18.8 Å². The molecule has 0 saturated carbocycles. The van der Waals surface area contributed by atoms with Gasteiger partial charge < -0.3 is 10.2 Å². The molecule has 2 heterocycles. The van der Waals surface area contributed by atoms with Gasteiger partial charge in [0.1, 0.15) is 0 Å². The second kappa shape index (κ2) is 7.85. The highest BCUT2D eigenvalue weighted by molar-refractivity contribution is 7.89. The number of benzene rings is 1. The number of amides is 1. The molecule has 138 valence electrons. The predicted octanol–water partition coefficient (Wildman–Crippen LogP) is 0.867. The number of anilines is 1. The van der Waals surface area contributed by atoms with Crippen LogP contribution in [0.4, 0.5) is 5.69 Å². The molecule has 6 nitrogen and oxygen atoms in total. The molecule has 1 aromatic rings. The molecular weight excluding hydrogens is 338 g/mol. The first-order valence-corrected chi connectivity index (χ1v) is 10.7. The molecule has 3 rings (SSSR count). The average molecular weight is 367 g/mol. The number of rotatable bonds is 5. The van der Waals surface area contributed by atoms with Crippen LogP contribution in [0.2, 0.25) is 0 Å². The molecule has 2 atom stereocenters.